The van der Waals surface area contributed by atoms with Gasteiger partial charge in [-0.05, 0) is 39.5 Å². The first-order valence-electron chi connectivity index (χ1n) is 17.7. The van der Waals surface area contributed by atoms with E-state index in [1.165, 1.54) is 83.5 Å². The van der Waals surface area contributed by atoms with Gasteiger partial charge < -0.3 is 41.4 Å². The molecule has 0 spiro atoms. The standard InChI is InChI=1S/C34H68N2O7/c1-26(35)21-17-13-11-12-15-19-23-28(38)22-18-14-9-7-5-3-4-6-8-10-16-20-24-29(27(2)36)42-34-33(41)32(40)31(39)30(25-37)43-34/h26-27,29-34,37,39-41H,3-25,35-36H2,1-2H3/t26?,27?,29?,30-,31-,32+,33-,34-/m1/s1. The lowest BCUT2D eigenvalue weighted by molar-refractivity contribution is -0.312. The van der Waals surface area contributed by atoms with Crippen LogP contribution in [-0.2, 0) is 14.3 Å². The number of carbonyl (C=O) groups excluding carboxylic acids is 1. The molecule has 3 unspecified atom stereocenters. The molecule has 1 fully saturated rings. The van der Waals surface area contributed by atoms with Crippen LogP contribution in [0, 0.1) is 0 Å². The SMILES string of the molecule is CC(N)CCCCCCCCC(=O)CCCCCCCCCCCCCCC(O[C@@H]1O[C@H](CO)[C@@H](O)[C@H](O)[C@H]1O)C(C)N. The fourth-order valence-electron chi connectivity index (χ4n) is 5.86. The van der Waals surface area contributed by atoms with Gasteiger partial charge in [-0.25, -0.2) is 0 Å². The summed E-state index contributed by atoms with van der Waals surface area (Å²) < 4.78 is 11.3. The van der Waals surface area contributed by atoms with Gasteiger partial charge in [0, 0.05) is 24.9 Å². The van der Waals surface area contributed by atoms with Crippen LogP contribution in [0.2, 0.25) is 0 Å². The Balaban J connectivity index is 1.93. The smallest absolute Gasteiger partial charge is 0.187 e. The van der Waals surface area contributed by atoms with Crippen LogP contribution in [0.4, 0.5) is 0 Å². The van der Waals surface area contributed by atoms with Crippen LogP contribution in [0.3, 0.4) is 0 Å². The summed E-state index contributed by atoms with van der Waals surface area (Å²) in [6, 6.07) is 0.0362. The molecule has 0 radical (unpaired) electrons. The molecule has 0 aromatic rings. The molecule has 43 heavy (non-hydrogen) atoms. The number of aliphatic hydroxyl groups is 4. The van der Waals surface area contributed by atoms with Crippen LogP contribution >= 0.6 is 0 Å². The first-order chi connectivity index (χ1) is 20.7. The highest BCUT2D eigenvalue weighted by atomic mass is 16.7. The average molecular weight is 617 g/mol. The van der Waals surface area contributed by atoms with Crippen molar-refractivity contribution in [1.29, 1.82) is 0 Å². The summed E-state index contributed by atoms with van der Waals surface area (Å²) >= 11 is 0. The molecule has 1 rings (SSSR count). The Hall–Kier alpha value is -0.650. The number of ether oxygens (including phenoxy) is 2. The highest BCUT2D eigenvalue weighted by Gasteiger charge is 2.45. The molecule has 0 saturated carbocycles. The molecule has 0 amide bonds. The maximum atomic E-state index is 12.1. The minimum atomic E-state index is -1.45. The highest BCUT2D eigenvalue weighted by Crippen LogP contribution is 2.25. The monoisotopic (exact) mass is 617 g/mol. The van der Waals surface area contributed by atoms with Crippen LogP contribution in [0.5, 0.6) is 0 Å². The van der Waals surface area contributed by atoms with Gasteiger partial charge in [0.1, 0.15) is 30.2 Å². The molecule has 9 nitrogen and oxygen atoms in total. The van der Waals surface area contributed by atoms with E-state index in [0.29, 0.717) is 18.2 Å². The van der Waals surface area contributed by atoms with E-state index in [0.717, 1.165) is 51.4 Å². The average Bonchev–Trinajstić information content (AvgIpc) is 2.97. The van der Waals surface area contributed by atoms with Crippen LogP contribution in [0.15, 0.2) is 0 Å². The number of hydrogen-bond acceptors (Lipinski definition) is 9. The fourth-order valence-corrected chi connectivity index (χ4v) is 5.86. The third-order valence-electron chi connectivity index (χ3n) is 8.80. The van der Waals surface area contributed by atoms with Gasteiger partial charge in [0.15, 0.2) is 6.29 Å². The first kappa shape index (κ1) is 40.4. The minimum absolute atomic E-state index is 0.283. The molecule has 0 bridgehead atoms. The van der Waals surface area contributed by atoms with E-state index in [9.17, 15) is 25.2 Å². The van der Waals surface area contributed by atoms with Crippen molar-refractivity contribution in [1.82, 2.24) is 0 Å². The largest absolute Gasteiger partial charge is 0.394 e. The van der Waals surface area contributed by atoms with Crippen LogP contribution in [0.1, 0.15) is 155 Å². The second kappa shape index (κ2) is 25.5. The van der Waals surface area contributed by atoms with E-state index in [2.05, 4.69) is 6.92 Å². The van der Waals surface area contributed by atoms with E-state index in [-0.39, 0.29) is 12.1 Å². The summed E-state index contributed by atoms with van der Waals surface area (Å²) in [5, 5.41) is 39.5. The Morgan fingerprint density at radius 1 is 0.651 bits per heavy atom. The van der Waals surface area contributed by atoms with Crippen molar-refractivity contribution in [3.05, 3.63) is 0 Å². The molecule has 1 saturated heterocycles. The maximum absolute atomic E-state index is 12.1. The Labute approximate surface area is 262 Å². The molecule has 8 atom stereocenters. The van der Waals surface area contributed by atoms with Crippen molar-refractivity contribution in [2.75, 3.05) is 6.61 Å². The van der Waals surface area contributed by atoms with E-state index in [1.807, 2.05) is 6.92 Å². The van der Waals surface area contributed by atoms with Gasteiger partial charge in [-0.3, -0.25) is 4.79 Å². The number of hydrogen-bond donors (Lipinski definition) is 6. The van der Waals surface area contributed by atoms with Crippen molar-refractivity contribution in [2.24, 2.45) is 11.5 Å². The number of rotatable bonds is 28. The fraction of sp³-hybridized carbons (Fsp3) is 0.971. The first-order valence-corrected chi connectivity index (χ1v) is 17.7. The van der Waals surface area contributed by atoms with Gasteiger partial charge >= 0.3 is 0 Å². The number of aliphatic hydroxyl groups excluding tert-OH is 4. The molecule has 0 aromatic carbocycles. The topological polar surface area (TPSA) is 168 Å². The van der Waals surface area contributed by atoms with Crippen molar-refractivity contribution in [2.45, 2.75) is 204 Å². The maximum Gasteiger partial charge on any atom is 0.187 e. The van der Waals surface area contributed by atoms with Crippen molar-refractivity contribution >= 4 is 5.78 Å². The second-order valence-corrected chi connectivity index (χ2v) is 13.2. The van der Waals surface area contributed by atoms with Gasteiger partial charge in [-0.2, -0.15) is 0 Å². The molecule has 9 heteroatoms. The molecule has 256 valence electrons. The lowest BCUT2D eigenvalue weighted by atomic mass is 9.98. The third kappa shape index (κ3) is 19.5. The van der Waals surface area contributed by atoms with Gasteiger partial charge in [-0.15, -0.1) is 0 Å². The van der Waals surface area contributed by atoms with Crippen molar-refractivity contribution in [3.8, 4) is 0 Å². The summed E-state index contributed by atoms with van der Waals surface area (Å²) in [7, 11) is 0. The number of unbranched alkanes of at least 4 members (excludes halogenated alkanes) is 16. The summed E-state index contributed by atoms with van der Waals surface area (Å²) in [5.74, 6) is 0.450. The van der Waals surface area contributed by atoms with Crippen LogP contribution in [0.25, 0.3) is 0 Å². The third-order valence-corrected chi connectivity index (χ3v) is 8.80. The molecular weight excluding hydrogens is 548 g/mol. The van der Waals surface area contributed by atoms with E-state index < -0.39 is 37.3 Å². The zero-order chi connectivity index (χ0) is 31.9. The Kier molecular flexibility index (Phi) is 24.0. The Morgan fingerprint density at radius 2 is 1.07 bits per heavy atom. The molecule has 1 aliphatic heterocycles. The normalized spacial score (nSPS) is 24.6. The summed E-state index contributed by atoms with van der Waals surface area (Å²) in [6.45, 7) is 3.43. The summed E-state index contributed by atoms with van der Waals surface area (Å²) in [5.41, 5.74) is 11.9. The van der Waals surface area contributed by atoms with Crippen molar-refractivity contribution < 1.29 is 34.7 Å². The highest BCUT2D eigenvalue weighted by molar-refractivity contribution is 5.78. The summed E-state index contributed by atoms with van der Waals surface area (Å²) in [4.78, 5) is 12.1. The van der Waals surface area contributed by atoms with Gasteiger partial charge in [0.25, 0.3) is 0 Å². The van der Waals surface area contributed by atoms with Crippen molar-refractivity contribution in [3.63, 3.8) is 0 Å². The number of nitrogens with two attached hydrogens (primary N) is 2. The van der Waals surface area contributed by atoms with Gasteiger partial charge in [0.05, 0.1) is 12.7 Å². The molecule has 8 N–H and O–H groups in total. The zero-order valence-electron chi connectivity index (χ0n) is 27.6. The van der Waals surface area contributed by atoms with E-state index in [4.69, 9.17) is 20.9 Å². The van der Waals surface area contributed by atoms with E-state index >= 15 is 0 Å². The van der Waals surface area contributed by atoms with Gasteiger partial charge in [0.2, 0.25) is 0 Å². The van der Waals surface area contributed by atoms with Crippen LogP contribution in [-0.4, -0.2) is 81.7 Å². The molecule has 1 heterocycles. The number of carbonyl (C=O) groups is 1. The minimum Gasteiger partial charge on any atom is -0.394 e. The van der Waals surface area contributed by atoms with E-state index in [1.54, 1.807) is 0 Å². The molecule has 0 aliphatic carbocycles. The van der Waals surface area contributed by atoms with Gasteiger partial charge in [-0.1, -0.05) is 103 Å². The molecular formula is C34H68N2O7. The Morgan fingerprint density at radius 3 is 1.49 bits per heavy atom. The zero-order valence-corrected chi connectivity index (χ0v) is 27.6. The quantitative estimate of drug-likeness (QED) is 0.0661. The molecule has 0 aromatic heterocycles. The Bertz CT molecular complexity index is 665. The molecule has 1 aliphatic rings. The number of ketones is 1. The lowest BCUT2D eigenvalue weighted by Crippen LogP contribution is -2.60. The second-order valence-electron chi connectivity index (χ2n) is 13.2. The summed E-state index contributed by atoms with van der Waals surface area (Å²) in [6.07, 6.45) is 18.1. The van der Waals surface area contributed by atoms with Crippen LogP contribution < -0.4 is 11.5 Å². The predicted octanol–water partition coefficient (Wildman–Crippen LogP) is 5.02. The number of Topliss-reactive ketones (excluding diaryl/α,β-unsaturated/α-hetero) is 1. The lowest BCUT2D eigenvalue weighted by Gasteiger charge is -2.41. The predicted molar refractivity (Wildman–Crippen MR) is 173 cm³/mol.